The van der Waals surface area contributed by atoms with Crippen LogP contribution in [0, 0.1) is 0 Å². The molecule has 0 aromatic carbocycles. The third kappa shape index (κ3) is 3.50. The van der Waals surface area contributed by atoms with E-state index in [1.807, 2.05) is 0 Å². The summed E-state index contributed by atoms with van der Waals surface area (Å²) < 4.78 is 29.2. The predicted molar refractivity (Wildman–Crippen MR) is 78.9 cm³/mol. The Labute approximate surface area is 133 Å². The number of aromatic nitrogens is 1. The highest BCUT2D eigenvalue weighted by molar-refractivity contribution is 7.92. The van der Waals surface area contributed by atoms with Crippen molar-refractivity contribution < 1.29 is 27.9 Å². The van der Waals surface area contributed by atoms with Gasteiger partial charge in [-0.15, -0.1) is 0 Å². The lowest BCUT2D eigenvalue weighted by atomic mass is 10.2. The standard InChI is InChI=1S/C14H16N2O6S/c17-14(18)13(16-22-10-5-6-21-8-10)9-1-4-12(15-7-9)23(19,20)11-2-3-11/h1,4,7,10-11H,2-3,5-6,8H2,(H,17,18)/t10-/m1/s1. The average Bonchev–Trinajstić information content (AvgIpc) is 3.27. The van der Waals surface area contributed by atoms with Crippen LogP contribution in [-0.2, 0) is 24.2 Å². The quantitative estimate of drug-likeness (QED) is 0.596. The molecular weight excluding hydrogens is 324 g/mol. The summed E-state index contributed by atoms with van der Waals surface area (Å²) in [6, 6.07) is 2.68. The van der Waals surface area contributed by atoms with Crippen molar-refractivity contribution in [2.75, 3.05) is 13.2 Å². The molecule has 1 atom stereocenters. The van der Waals surface area contributed by atoms with Crippen LogP contribution in [0.15, 0.2) is 28.5 Å². The number of pyridine rings is 1. The second-order valence-corrected chi connectivity index (χ2v) is 7.64. The van der Waals surface area contributed by atoms with Gasteiger partial charge < -0.3 is 14.7 Å². The number of nitrogens with zero attached hydrogens (tertiary/aromatic N) is 2. The molecule has 1 saturated heterocycles. The van der Waals surface area contributed by atoms with Crippen LogP contribution >= 0.6 is 0 Å². The molecule has 0 radical (unpaired) electrons. The topological polar surface area (TPSA) is 115 Å². The van der Waals surface area contributed by atoms with Crippen molar-refractivity contribution >= 4 is 21.5 Å². The molecule has 8 nitrogen and oxygen atoms in total. The number of rotatable bonds is 6. The fraction of sp³-hybridized carbons (Fsp3) is 0.500. The molecule has 23 heavy (non-hydrogen) atoms. The monoisotopic (exact) mass is 340 g/mol. The Morgan fingerprint density at radius 1 is 1.35 bits per heavy atom. The van der Waals surface area contributed by atoms with E-state index in [0.29, 0.717) is 32.5 Å². The van der Waals surface area contributed by atoms with Gasteiger partial charge in [0.1, 0.15) is 0 Å². The van der Waals surface area contributed by atoms with Gasteiger partial charge in [0.25, 0.3) is 0 Å². The molecule has 3 rings (SSSR count). The third-order valence-corrected chi connectivity index (χ3v) is 5.82. The van der Waals surface area contributed by atoms with Gasteiger partial charge in [-0.1, -0.05) is 5.16 Å². The van der Waals surface area contributed by atoms with Gasteiger partial charge in [0.05, 0.1) is 18.5 Å². The van der Waals surface area contributed by atoms with Crippen LogP contribution in [0.1, 0.15) is 24.8 Å². The maximum atomic E-state index is 12.1. The molecule has 2 aliphatic rings. The van der Waals surface area contributed by atoms with E-state index in [0.717, 1.165) is 0 Å². The van der Waals surface area contributed by atoms with E-state index in [-0.39, 0.29) is 27.7 Å². The van der Waals surface area contributed by atoms with Gasteiger partial charge in [0, 0.05) is 18.2 Å². The zero-order valence-electron chi connectivity index (χ0n) is 12.2. The van der Waals surface area contributed by atoms with Gasteiger partial charge in [-0.3, -0.25) is 0 Å². The number of aliphatic carboxylic acids is 1. The molecule has 0 bridgehead atoms. The van der Waals surface area contributed by atoms with Crippen molar-refractivity contribution in [1.82, 2.24) is 4.98 Å². The van der Waals surface area contributed by atoms with Gasteiger partial charge in [0.15, 0.2) is 26.7 Å². The first-order valence-corrected chi connectivity index (χ1v) is 8.78. The molecule has 1 aliphatic heterocycles. The van der Waals surface area contributed by atoms with Gasteiger partial charge in [-0.2, -0.15) is 0 Å². The van der Waals surface area contributed by atoms with Crippen LogP contribution in [0.3, 0.4) is 0 Å². The average molecular weight is 340 g/mol. The van der Waals surface area contributed by atoms with Gasteiger partial charge >= 0.3 is 5.97 Å². The van der Waals surface area contributed by atoms with Crippen LogP contribution in [0.4, 0.5) is 0 Å². The van der Waals surface area contributed by atoms with Crippen molar-refractivity contribution in [2.24, 2.45) is 5.16 Å². The number of carboxylic acids is 1. The first-order chi connectivity index (χ1) is 11.0. The predicted octanol–water partition coefficient (Wildman–Crippen LogP) is 0.612. The summed E-state index contributed by atoms with van der Waals surface area (Å²) in [6.45, 7) is 0.922. The largest absolute Gasteiger partial charge is 0.476 e. The summed E-state index contributed by atoms with van der Waals surface area (Å²) in [5.74, 6) is -1.27. The summed E-state index contributed by atoms with van der Waals surface area (Å²) in [5.41, 5.74) is -0.133. The third-order valence-electron chi connectivity index (χ3n) is 3.65. The Hall–Kier alpha value is -2.00. The van der Waals surface area contributed by atoms with E-state index in [4.69, 9.17) is 9.57 Å². The fourth-order valence-electron chi connectivity index (χ4n) is 2.18. The van der Waals surface area contributed by atoms with Crippen molar-refractivity contribution in [3.8, 4) is 0 Å². The number of ether oxygens (including phenoxy) is 1. The molecule has 1 aromatic rings. The minimum absolute atomic E-state index is 0.0430. The minimum atomic E-state index is -3.40. The van der Waals surface area contributed by atoms with E-state index < -0.39 is 15.8 Å². The number of hydrogen-bond acceptors (Lipinski definition) is 7. The molecule has 1 N–H and O–H groups in total. The number of hydrogen-bond donors (Lipinski definition) is 1. The SMILES string of the molecule is O=C(O)C(=NO[C@@H]1CCOC1)c1ccc(S(=O)(=O)C2CC2)nc1. The summed E-state index contributed by atoms with van der Waals surface area (Å²) >= 11 is 0. The normalized spacial score (nSPS) is 22.1. The smallest absolute Gasteiger partial charge is 0.358 e. The summed E-state index contributed by atoms with van der Waals surface area (Å²) in [4.78, 5) is 20.4. The second kappa shape index (κ2) is 6.25. The van der Waals surface area contributed by atoms with Crippen LogP contribution in [0.25, 0.3) is 0 Å². The van der Waals surface area contributed by atoms with Crippen molar-refractivity contribution in [1.29, 1.82) is 0 Å². The lowest BCUT2D eigenvalue weighted by molar-refractivity contribution is -0.129. The Bertz CT molecular complexity index is 718. The zero-order chi connectivity index (χ0) is 16.4. The molecule has 2 heterocycles. The van der Waals surface area contributed by atoms with Crippen molar-refractivity contribution in [2.45, 2.75) is 35.6 Å². The minimum Gasteiger partial charge on any atom is -0.476 e. The van der Waals surface area contributed by atoms with Crippen molar-refractivity contribution in [3.63, 3.8) is 0 Å². The van der Waals surface area contributed by atoms with Gasteiger partial charge in [-0.25, -0.2) is 18.2 Å². The Kier molecular flexibility index (Phi) is 4.31. The Morgan fingerprint density at radius 3 is 2.65 bits per heavy atom. The van der Waals surface area contributed by atoms with Crippen LogP contribution in [-0.4, -0.2) is 54.8 Å². The fourth-order valence-corrected chi connectivity index (χ4v) is 3.73. The van der Waals surface area contributed by atoms with E-state index in [2.05, 4.69) is 10.1 Å². The van der Waals surface area contributed by atoms with Crippen LogP contribution in [0.2, 0.25) is 0 Å². The summed E-state index contributed by atoms with van der Waals surface area (Å²) in [5, 5.41) is 12.5. The Balaban J connectivity index is 1.79. The molecule has 9 heteroatoms. The lowest BCUT2D eigenvalue weighted by Crippen LogP contribution is -2.18. The molecule has 1 aromatic heterocycles. The van der Waals surface area contributed by atoms with E-state index in [1.54, 1.807) is 0 Å². The molecule has 124 valence electrons. The summed E-state index contributed by atoms with van der Waals surface area (Å²) in [7, 11) is -3.40. The molecule has 1 aliphatic carbocycles. The molecular formula is C14H16N2O6S. The molecule has 2 fully saturated rings. The lowest BCUT2D eigenvalue weighted by Gasteiger charge is -2.07. The van der Waals surface area contributed by atoms with Gasteiger partial charge in [-0.05, 0) is 25.0 Å². The second-order valence-electron chi connectivity index (χ2n) is 5.47. The highest BCUT2D eigenvalue weighted by atomic mass is 32.2. The van der Waals surface area contributed by atoms with Crippen LogP contribution < -0.4 is 0 Å². The van der Waals surface area contributed by atoms with Crippen LogP contribution in [0.5, 0.6) is 0 Å². The zero-order valence-corrected chi connectivity index (χ0v) is 13.0. The van der Waals surface area contributed by atoms with Gasteiger partial charge in [0.2, 0.25) is 0 Å². The maximum Gasteiger partial charge on any atom is 0.358 e. The first-order valence-electron chi connectivity index (χ1n) is 7.23. The highest BCUT2D eigenvalue weighted by Gasteiger charge is 2.37. The van der Waals surface area contributed by atoms with E-state index in [9.17, 15) is 18.3 Å². The molecule has 0 amide bonds. The molecule has 0 unspecified atom stereocenters. The Morgan fingerprint density at radius 2 is 2.13 bits per heavy atom. The first kappa shape index (κ1) is 15.9. The maximum absolute atomic E-state index is 12.1. The summed E-state index contributed by atoms with van der Waals surface area (Å²) in [6.07, 6.45) is 2.85. The highest BCUT2D eigenvalue weighted by Crippen LogP contribution is 2.32. The number of carboxylic acid groups (broad SMARTS) is 1. The van der Waals surface area contributed by atoms with Crippen molar-refractivity contribution in [3.05, 3.63) is 23.9 Å². The number of sulfone groups is 1. The number of oxime groups is 1. The van der Waals surface area contributed by atoms with E-state index in [1.165, 1.54) is 18.3 Å². The number of carbonyl (C=O) groups is 1. The molecule has 0 spiro atoms. The van der Waals surface area contributed by atoms with E-state index >= 15 is 0 Å². The molecule has 1 saturated carbocycles.